The van der Waals surface area contributed by atoms with Crippen LogP contribution in [0.1, 0.15) is 26.7 Å². The van der Waals surface area contributed by atoms with E-state index in [1.807, 2.05) is 6.92 Å². The van der Waals surface area contributed by atoms with Crippen LogP contribution in [0, 0.1) is 0 Å². The maximum absolute atomic E-state index is 5.19. The van der Waals surface area contributed by atoms with Crippen molar-refractivity contribution in [1.82, 2.24) is 0 Å². The molecule has 0 heterocycles. The maximum Gasteiger partial charge on any atom is 0.146 e. The summed E-state index contributed by atoms with van der Waals surface area (Å²) in [6.07, 6.45) is 2.21. The molecule has 90 valence electrons. The van der Waals surface area contributed by atoms with Gasteiger partial charge in [0.1, 0.15) is 20.0 Å². The lowest BCUT2D eigenvalue weighted by atomic mass is 10.4. The summed E-state index contributed by atoms with van der Waals surface area (Å²) in [5.41, 5.74) is 0.929. The molecular formula is C11H22O4. The van der Waals surface area contributed by atoms with E-state index < -0.39 is 0 Å². The second-order valence-electron chi connectivity index (χ2n) is 3.33. The fourth-order valence-electron chi connectivity index (χ4n) is 0.717. The number of hydrogen-bond acceptors (Lipinski definition) is 4. The minimum absolute atomic E-state index is 0.323. The van der Waals surface area contributed by atoms with Crippen molar-refractivity contribution < 1.29 is 19.2 Å². The van der Waals surface area contributed by atoms with Crippen molar-refractivity contribution in [3.8, 4) is 0 Å². The van der Waals surface area contributed by atoms with E-state index in [0.29, 0.717) is 26.6 Å². The molecule has 0 atom stereocenters. The van der Waals surface area contributed by atoms with Crippen molar-refractivity contribution in [2.24, 2.45) is 0 Å². The van der Waals surface area contributed by atoms with Crippen LogP contribution in [0.3, 0.4) is 0 Å². The van der Waals surface area contributed by atoms with Crippen LogP contribution in [0.5, 0.6) is 0 Å². The summed E-state index contributed by atoms with van der Waals surface area (Å²) in [6.45, 7) is 10.1. The van der Waals surface area contributed by atoms with Crippen LogP contribution < -0.4 is 0 Å². The van der Waals surface area contributed by atoms with Crippen LogP contribution in [-0.4, -0.2) is 33.2 Å². The van der Waals surface area contributed by atoms with Gasteiger partial charge in [0.05, 0.1) is 6.61 Å². The standard InChI is InChI=1S/C11H22O4/c1-4-5-6-12-10-13-7-8-14-15-9-11(2)3/h2,4-10H2,1,3H3. The van der Waals surface area contributed by atoms with E-state index in [0.717, 1.165) is 25.0 Å². The summed E-state index contributed by atoms with van der Waals surface area (Å²) in [5.74, 6) is 0. The highest BCUT2D eigenvalue weighted by molar-refractivity contribution is 4.86. The third-order valence-corrected chi connectivity index (χ3v) is 1.51. The van der Waals surface area contributed by atoms with Gasteiger partial charge in [0.25, 0.3) is 0 Å². The Labute approximate surface area is 92.1 Å². The lowest BCUT2D eigenvalue weighted by molar-refractivity contribution is -0.294. The lowest BCUT2D eigenvalue weighted by Crippen LogP contribution is -2.08. The number of unbranched alkanes of at least 4 members (excludes halogenated alkanes) is 1. The van der Waals surface area contributed by atoms with Crippen LogP contribution in [0.15, 0.2) is 12.2 Å². The maximum atomic E-state index is 5.19. The zero-order valence-electron chi connectivity index (χ0n) is 9.79. The number of ether oxygens (including phenoxy) is 2. The molecule has 0 aliphatic heterocycles. The quantitative estimate of drug-likeness (QED) is 0.175. The molecule has 0 aliphatic carbocycles. The summed E-state index contributed by atoms with van der Waals surface area (Å²) >= 11 is 0. The van der Waals surface area contributed by atoms with E-state index in [1.165, 1.54) is 0 Å². The molecule has 0 spiro atoms. The highest BCUT2D eigenvalue weighted by atomic mass is 17.2. The third-order valence-electron chi connectivity index (χ3n) is 1.51. The molecule has 0 saturated carbocycles. The molecule has 0 aromatic heterocycles. The third kappa shape index (κ3) is 13.6. The van der Waals surface area contributed by atoms with Gasteiger partial charge in [-0.15, -0.1) is 0 Å². The smallest absolute Gasteiger partial charge is 0.146 e. The van der Waals surface area contributed by atoms with Crippen molar-refractivity contribution in [1.29, 1.82) is 0 Å². The average Bonchev–Trinajstić information content (AvgIpc) is 2.20. The predicted octanol–water partition coefficient (Wildman–Crippen LogP) is 2.30. The minimum atomic E-state index is 0.323. The molecule has 0 amide bonds. The fourth-order valence-corrected chi connectivity index (χ4v) is 0.717. The van der Waals surface area contributed by atoms with Gasteiger partial charge in [0.15, 0.2) is 0 Å². The van der Waals surface area contributed by atoms with Crippen LogP contribution in [0.2, 0.25) is 0 Å². The van der Waals surface area contributed by atoms with Crippen molar-refractivity contribution in [3.63, 3.8) is 0 Å². The van der Waals surface area contributed by atoms with Gasteiger partial charge in [-0.25, -0.2) is 9.78 Å². The molecule has 0 radical (unpaired) electrons. The Hall–Kier alpha value is -0.420. The molecular weight excluding hydrogens is 196 g/mol. The average molecular weight is 218 g/mol. The van der Waals surface area contributed by atoms with Gasteiger partial charge in [0.2, 0.25) is 0 Å². The highest BCUT2D eigenvalue weighted by Gasteiger charge is 1.91. The second-order valence-corrected chi connectivity index (χ2v) is 3.33. The predicted molar refractivity (Wildman–Crippen MR) is 58.4 cm³/mol. The van der Waals surface area contributed by atoms with E-state index in [-0.39, 0.29) is 0 Å². The van der Waals surface area contributed by atoms with E-state index in [1.54, 1.807) is 0 Å². The first-order chi connectivity index (χ1) is 7.27. The summed E-state index contributed by atoms with van der Waals surface area (Å²) < 4.78 is 10.3. The van der Waals surface area contributed by atoms with E-state index in [4.69, 9.17) is 19.2 Å². The van der Waals surface area contributed by atoms with Gasteiger partial charge in [-0.1, -0.05) is 25.5 Å². The minimum Gasteiger partial charge on any atom is -0.355 e. The zero-order chi connectivity index (χ0) is 11.4. The molecule has 0 aromatic carbocycles. The molecule has 0 aliphatic rings. The van der Waals surface area contributed by atoms with Gasteiger partial charge in [-0.2, -0.15) is 0 Å². The number of rotatable bonds is 11. The molecule has 0 N–H and O–H groups in total. The summed E-state index contributed by atoms with van der Waals surface area (Å²) in [7, 11) is 0. The number of hydrogen-bond donors (Lipinski definition) is 0. The molecule has 15 heavy (non-hydrogen) atoms. The molecule has 4 nitrogen and oxygen atoms in total. The fraction of sp³-hybridized carbons (Fsp3) is 0.818. The zero-order valence-corrected chi connectivity index (χ0v) is 9.79. The molecule has 0 saturated heterocycles. The SMILES string of the molecule is C=C(C)COOCCOCOCCCC. The summed E-state index contributed by atoms with van der Waals surface area (Å²) in [5, 5.41) is 0. The Morgan fingerprint density at radius 3 is 2.47 bits per heavy atom. The largest absolute Gasteiger partial charge is 0.355 e. The van der Waals surface area contributed by atoms with Gasteiger partial charge in [0, 0.05) is 6.61 Å². The topological polar surface area (TPSA) is 36.9 Å². The molecule has 0 bridgehead atoms. The Bertz CT molecular complexity index is 148. The van der Waals surface area contributed by atoms with Crippen LogP contribution in [-0.2, 0) is 19.2 Å². The second kappa shape index (κ2) is 11.7. The molecule has 4 heteroatoms. The van der Waals surface area contributed by atoms with Crippen molar-refractivity contribution >= 4 is 0 Å². The van der Waals surface area contributed by atoms with Crippen molar-refractivity contribution in [2.75, 3.05) is 33.2 Å². The first-order valence-corrected chi connectivity index (χ1v) is 5.31. The Morgan fingerprint density at radius 1 is 1.07 bits per heavy atom. The lowest BCUT2D eigenvalue weighted by Gasteiger charge is -2.05. The van der Waals surface area contributed by atoms with Crippen LogP contribution in [0.4, 0.5) is 0 Å². The van der Waals surface area contributed by atoms with E-state index in [2.05, 4.69) is 13.5 Å². The molecule has 0 fully saturated rings. The Morgan fingerprint density at radius 2 is 1.80 bits per heavy atom. The highest BCUT2D eigenvalue weighted by Crippen LogP contribution is 1.90. The van der Waals surface area contributed by atoms with Crippen molar-refractivity contribution in [3.05, 3.63) is 12.2 Å². The van der Waals surface area contributed by atoms with Gasteiger partial charge in [-0.3, -0.25) is 0 Å². The van der Waals surface area contributed by atoms with E-state index >= 15 is 0 Å². The normalized spacial score (nSPS) is 10.5. The van der Waals surface area contributed by atoms with Gasteiger partial charge >= 0.3 is 0 Å². The van der Waals surface area contributed by atoms with Gasteiger partial charge in [-0.05, 0) is 13.3 Å². The van der Waals surface area contributed by atoms with E-state index in [9.17, 15) is 0 Å². The summed E-state index contributed by atoms with van der Waals surface area (Å²) in [6, 6.07) is 0. The summed E-state index contributed by atoms with van der Waals surface area (Å²) in [4.78, 5) is 9.65. The Balaban J connectivity index is 2.89. The Kier molecular flexibility index (Phi) is 11.3. The van der Waals surface area contributed by atoms with Gasteiger partial charge < -0.3 is 9.47 Å². The van der Waals surface area contributed by atoms with Crippen LogP contribution in [0.25, 0.3) is 0 Å². The molecule has 0 unspecified atom stereocenters. The molecule has 0 rings (SSSR count). The first-order valence-electron chi connectivity index (χ1n) is 5.31. The van der Waals surface area contributed by atoms with Crippen molar-refractivity contribution in [2.45, 2.75) is 26.7 Å². The monoisotopic (exact) mass is 218 g/mol. The molecule has 0 aromatic rings. The first kappa shape index (κ1) is 14.6. The van der Waals surface area contributed by atoms with Crippen LogP contribution >= 0.6 is 0 Å².